The lowest BCUT2D eigenvalue weighted by molar-refractivity contribution is -0.150. The average molecular weight is 264 g/mol. The minimum absolute atomic E-state index is 0.0453. The highest BCUT2D eigenvalue weighted by molar-refractivity contribution is 5.94. The Balaban J connectivity index is 2.73. The van der Waals surface area contributed by atoms with Crippen LogP contribution < -0.4 is 10.9 Å². The van der Waals surface area contributed by atoms with Crippen molar-refractivity contribution in [2.45, 2.75) is 26.3 Å². The molecule has 0 aliphatic heterocycles. The third kappa shape index (κ3) is 3.54. The van der Waals surface area contributed by atoms with Crippen LogP contribution in [0.2, 0.25) is 0 Å². The molecule has 0 bridgehead atoms. The number of esters is 1. The van der Waals surface area contributed by atoms with E-state index in [2.05, 4.69) is 10.9 Å². The van der Waals surface area contributed by atoms with E-state index in [4.69, 9.17) is 4.74 Å². The maximum absolute atomic E-state index is 11.9. The third-order valence-electron chi connectivity index (χ3n) is 3.24. The van der Waals surface area contributed by atoms with Crippen molar-refractivity contribution >= 4 is 11.9 Å². The van der Waals surface area contributed by atoms with Gasteiger partial charge in [0.05, 0.1) is 7.11 Å². The van der Waals surface area contributed by atoms with E-state index in [-0.39, 0.29) is 11.8 Å². The van der Waals surface area contributed by atoms with E-state index >= 15 is 0 Å². The molecule has 5 heteroatoms. The predicted molar refractivity (Wildman–Crippen MR) is 72.3 cm³/mol. The molecule has 0 saturated heterocycles. The van der Waals surface area contributed by atoms with Gasteiger partial charge in [0.2, 0.25) is 0 Å². The predicted octanol–water partition coefficient (Wildman–Crippen LogP) is 1.51. The Morgan fingerprint density at radius 1 is 1.21 bits per heavy atom. The number of amides is 1. The van der Waals surface area contributed by atoms with E-state index in [1.54, 1.807) is 31.2 Å². The van der Waals surface area contributed by atoms with E-state index in [1.807, 2.05) is 19.9 Å². The van der Waals surface area contributed by atoms with Crippen molar-refractivity contribution in [1.29, 1.82) is 0 Å². The highest BCUT2D eigenvalue weighted by Gasteiger charge is 2.38. The fraction of sp³-hybridized carbons (Fsp3) is 0.429. The molecule has 1 atom stereocenters. The van der Waals surface area contributed by atoms with Gasteiger partial charge in [0.15, 0.2) is 0 Å². The van der Waals surface area contributed by atoms with Gasteiger partial charge in [0, 0.05) is 5.56 Å². The number of nitrogens with one attached hydrogen (secondary N) is 2. The van der Waals surface area contributed by atoms with Crippen LogP contribution in [-0.2, 0) is 9.53 Å². The summed E-state index contributed by atoms with van der Waals surface area (Å²) < 4.78 is 4.76. The first-order valence-corrected chi connectivity index (χ1v) is 6.12. The first-order chi connectivity index (χ1) is 8.91. The topological polar surface area (TPSA) is 67.4 Å². The Hall–Kier alpha value is -1.88. The quantitative estimate of drug-likeness (QED) is 0.625. The Morgan fingerprint density at radius 3 is 2.26 bits per heavy atom. The zero-order valence-corrected chi connectivity index (χ0v) is 11.7. The molecule has 0 radical (unpaired) electrons. The highest BCUT2D eigenvalue weighted by Crippen LogP contribution is 2.17. The van der Waals surface area contributed by atoms with Crippen LogP contribution in [0.1, 0.15) is 31.1 Å². The lowest BCUT2D eigenvalue weighted by atomic mass is 9.89. The second-order valence-electron chi connectivity index (χ2n) is 4.79. The molecule has 2 N–H and O–H groups in total. The summed E-state index contributed by atoms with van der Waals surface area (Å²) in [4.78, 5) is 23.7. The number of hydrogen-bond donors (Lipinski definition) is 2. The molecule has 1 aromatic rings. The van der Waals surface area contributed by atoms with Crippen molar-refractivity contribution in [2.24, 2.45) is 5.92 Å². The molecule has 5 nitrogen and oxygen atoms in total. The molecule has 0 aromatic heterocycles. The molecule has 0 fully saturated rings. The molecular weight excluding hydrogens is 244 g/mol. The summed E-state index contributed by atoms with van der Waals surface area (Å²) in [5.41, 5.74) is 4.86. The molecular formula is C14H20N2O3. The Kier molecular flexibility index (Phi) is 5.06. The van der Waals surface area contributed by atoms with Crippen molar-refractivity contribution in [3.05, 3.63) is 35.9 Å². The Labute approximate surface area is 113 Å². The largest absolute Gasteiger partial charge is 0.468 e. The van der Waals surface area contributed by atoms with Gasteiger partial charge in [-0.15, -0.1) is 0 Å². The van der Waals surface area contributed by atoms with Gasteiger partial charge in [-0.1, -0.05) is 32.0 Å². The van der Waals surface area contributed by atoms with Gasteiger partial charge < -0.3 is 4.74 Å². The van der Waals surface area contributed by atoms with Gasteiger partial charge in [-0.25, -0.2) is 10.2 Å². The minimum atomic E-state index is -0.973. The molecule has 0 spiro atoms. The van der Waals surface area contributed by atoms with Crippen LogP contribution in [0.4, 0.5) is 0 Å². The van der Waals surface area contributed by atoms with Crippen molar-refractivity contribution in [3.8, 4) is 0 Å². The Bertz CT molecular complexity index is 445. The number of ether oxygens (including phenoxy) is 1. The van der Waals surface area contributed by atoms with E-state index < -0.39 is 11.5 Å². The molecule has 0 aliphatic rings. The van der Waals surface area contributed by atoms with Crippen LogP contribution in [0.25, 0.3) is 0 Å². The standard InChI is InChI=1S/C14H20N2O3/c1-10(2)14(3,13(18)19-4)16-15-12(17)11-8-6-5-7-9-11/h5-10,16H,1-4H3,(H,15,17). The van der Waals surface area contributed by atoms with Crippen molar-refractivity contribution in [1.82, 2.24) is 10.9 Å². The molecule has 1 unspecified atom stereocenters. The molecule has 0 heterocycles. The van der Waals surface area contributed by atoms with Crippen LogP contribution in [0.15, 0.2) is 30.3 Å². The summed E-state index contributed by atoms with van der Waals surface area (Å²) in [6.45, 7) is 5.44. The van der Waals surface area contributed by atoms with E-state index in [0.29, 0.717) is 5.56 Å². The summed E-state index contributed by atoms with van der Waals surface area (Å²) >= 11 is 0. The summed E-state index contributed by atoms with van der Waals surface area (Å²) in [5, 5.41) is 0. The van der Waals surface area contributed by atoms with Gasteiger partial charge in [-0.3, -0.25) is 10.2 Å². The molecule has 19 heavy (non-hydrogen) atoms. The SMILES string of the molecule is COC(=O)C(C)(NNC(=O)c1ccccc1)C(C)C. The first kappa shape index (κ1) is 15.2. The second-order valence-corrected chi connectivity index (χ2v) is 4.79. The zero-order valence-electron chi connectivity index (χ0n) is 11.7. The van der Waals surface area contributed by atoms with Crippen molar-refractivity contribution < 1.29 is 14.3 Å². The third-order valence-corrected chi connectivity index (χ3v) is 3.24. The summed E-state index contributed by atoms with van der Waals surface area (Å²) in [7, 11) is 1.32. The van der Waals surface area contributed by atoms with Crippen molar-refractivity contribution in [3.63, 3.8) is 0 Å². The molecule has 1 amide bonds. The fourth-order valence-corrected chi connectivity index (χ4v) is 1.49. The fourth-order valence-electron chi connectivity index (χ4n) is 1.49. The van der Waals surface area contributed by atoms with Crippen molar-refractivity contribution in [2.75, 3.05) is 7.11 Å². The van der Waals surface area contributed by atoms with Gasteiger partial charge >= 0.3 is 5.97 Å². The Morgan fingerprint density at radius 2 is 1.79 bits per heavy atom. The van der Waals surface area contributed by atoms with Gasteiger partial charge in [0.1, 0.15) is 5.54 Å². The lowest BCUT2D eigenvalue weighted by Gasteiger charge is -2.31. The smallest absolute Gasteiger partial charge is 0.327 e. The average Bonchev–Trinajstić information content (AvgIpc) is 2.44. The normalized spacial score (nSPS) is 13.7. The first-order valence-electron chi connectivity index (χ1n) is 6.12. The van der Waals surface area contributed by atoms with Crippen LogP contribution in [0.3, 0.4) is 0 Å². The van der Waals surface area contributed by atoms with Crippen LogP contribution >= 0.6 is 0 Å². The van der Waals surface area contributed by atoms with Gasteiger partial charge in [0.25, 0.3) is 5.91 Å². The van der Waals surface area contributed by atoms with E-state index in [9.17, 15) is 9.59 Å². The van der Waals surface area contributed by atoms with E-state index in [1.165, 1.54) is 7.11 Å². The maximum atomic E-state index is 11.9. The summed E-state index contributed by atoms with van der Waals surface area (Å²) in [5.74, 6) is -0.761. The highest BCUT2D eigenvalue weighted by atomic mass is 16.5. The van der Waals surface area contributed by atoms with Gasteiger partial charge in [-0.2, -0.15) is 0 Å². The van der Waals surface area contributed by atoms with E-state index in [0.717, 1.165) is 0 Å². The monoisotopic (exact) mass is 264 g/mol. The van der Waals surface area contributed by atoms with Crippen LogP contribution in [-0.4, -0.2) is 24.5 Å². The summed E-state index contributed by atoms with van der Waals surface area (Å²) in [6, 6.07) is 8.77. The zero-order chi connectivity index (χ0) is 14.5. The lowest BCUT2D eigenvalue weighted by Crippen LogP contribution is -2.60. The number of methoxy groups -OCH3 is 1. The minimum Gasteiger partial charge on any atom is -0.468 e. The number of benzene rings is 1. The number of hydrogen-bond acceptors (Lipinski definition) is 4. The molecule has 0 saturated carbocycles. The molecule has 1 aromatic carbocycles. The number of rotatable bonds is 5. The maximum Gasteiger partial charge on any atom is 0.327 e. The number of hydrazine groups is 1. The van der Waals surface area contributed by atoms with Crippen LogP contribution in [0, 0.1) is 5.92 Å². The second kappa shape index (κ2) is 6.33. The molecule has 1 rings (SSSR count). The number of carbonyl (C=O) groups is 2. The number of carbonyl (C=O) groups excluding carboxylic acids is 2. The molecule has 104 valence electrons. The molecule has 0 aliphatic carbocycles. The van der Waals surface area contributed by atoms with Crippen LogP contribution in [0.5, 0.6) is 0 Å². The summed E-state index contributed by atoms with van der Waals surface area (Å²) in [6.07, 6.45) is 0. The van der Waals surface area contributed by atoms with Gasteiger partial charge in [-0.05, 0) is 25.0 Å².